The number of carboxylic acid groups (broad SMARTS) is 1. The number of aromatic nitrogens is 2. The summed E-state index contributed by atoms with van der Waals surface area (Å²) in [4.78, 5) is 17.8. The minimum atomic E-state index is -1.09. The van der Waals surface area contributed by atoms with E-state index < -0.39 is 5.97 Å². The average Bonchev–Trinajstić information content (AvgIpc) is 1.85. The lowest BCUT2D eigenvalue weighted by molar-refractivity contribution is 0.0683. The molecule has 1 rings (SSSR count). The Balaban J connectivity index is 3.19. The molecule has 0 spiro atoms. The molecule has 0 unspecified atom stereocenters. The van der Waals surface area contributed by atoms with E-state index in [4.69, 9.17) is 5.11 Å². The minimum absolute atomic E-state index is 0.144. The first kappa shape index (κ1) is 8.38. The zero-order valence-electron chi connectivity index (χ0n) is 5.71. The van der Waals surface area contributed by atoms with Crippen LogP contribution in [0.25, 0.3) is 0 Å². The predicted molar refractivity (Wildman–Crippen MR) is 46.4 cm³/mol. The van der Waals surface area contributed by atoms with Gasteiger partial charge in [0.15, 0.2) is 0 Å². The van der Waals surface area contributed by atoms with Gasteiger partial charge in [0.05, 0.1) is 0 Å². The Kier molecular flexibility index (Phi) is 2.38. The Morgan fingerprint density at radius 3 is 2.73 bits per heavy atom. The third-order valence-corrected chi connectivity index (χ3v) is 1.57. The monoisotopic (exact) mass is 264 g/mol. The molecule has 0 saturated carbocycles. The fourth-order valence-corrected chi connectivity index (χ4v) is 1.30. The quantitative estimate of drug-likeness (QED) is 0.609. The van der Waals surface area contributed by atoms with Gasteiger partial charge in [0.25, 0.3) is 0 Å². The van der Waals surface area contributed by atoms with Crippen molar-refractivity contribution in [3.63, 3.8) is 0 Å². The van der Waals surface area contributed by atoms with E-state index in [1.807, 2.05) is 22.6 Å². The molecule has 1 aromatic rings. The summed E-state index contributed by atoms with van der Waals surface area (Å²) in [7, 11) is 0. The second-order valence-electron chi connectivity index (χ2n) is 1.96. The van der Waals surface area contributed by atoms with Crippen LogP contribution >= 0.6 is 22.6 Å². The maximum Gasteiger partial charge on any atom is 0.373 e. The number of halogens is 1. The molecule has 0 amide bonds. The molecule has 0 fully saturated rings. The largest absolute Gasteiger partial charge is 0.475 e. The van der Waals surface area contributed by atoms with E-state index in [1.54, 1.807) is 13.0 Å². The number of aryl methyl sites for hydroxylation is 1. The number of aromatic carboxylic acids is 1. The molecule has 0 bridgehead atoms. The van der Waals surface area contributed by atoms with E-state index in [0.29, 0.717) is 9.39 Å². The maximum atomic E-state index is 10.4. The average molecular weight is 264 g/mol. The zero-order valence-corrected chi connectivity index (χ0v) is 7.86. The van der Waals surface area contributed by atoms with E-state index in [9.17, 15) is 4.79 Å². The van der Waals surface area contributed by atoms with Gasteiger partial charge in [-0.25, -0.2) is 14.8 Å². The SMILES string of the molecule is Cc1cc(I)nc(C(=O)O)n1. The summed E-state index contributed by atoms with van der Waals surface area (Å²) >= 11 is 1.95. The second-order valence-corrected chi connectivity index (χ2v) is 3.07. The molecule has 0 aliphatic carbocycles. The van der Waals surface area contributed by atoms with Gasteiger partial charge < -0.3 is 5.11 Å². The first-order valence-corrected chi connectivity index (χ1v) is 3.92. The normalized spacial score (nSPS) is 9.64. The van der Waals surface area contributed by atoms with Gasteiger partial charge in [0.1, 0.15) is 3.70 Å². The standard InChI is InChI=1S/C6H5IN2O2/c1-3-2-4(7)9-5(8-3)6(10)11/h2H,1H3,(H,10,11). The number of nitrogens with zero attached hydrogens (tertiary/aromatic N) is 2. The summed E-state index contributed by atoms with van der Waals surface area (Å²) in [6, 6.07) is 1.72. The molecule has 0 aliphatic heterocycles. The Morgan fingerprint density at radius 2 is 2.27 bits per heavy atom. The lowest BCUT2D eigenvalue weighted by Gasteiger charge is -1.95. The van der Waals surface area contributed by atoms with E-state index >= 15 is 0 Å². The topological polar surface area (TPSA) is 63.1 Å². The predicted octanol–water partition coefficient (Wildman–Crippen LogP) is 1.09. The molecule has 1 N–H and O–H groups in total. The van der Waals surface area contributed by atoms with Crippen molar-refractivity contribution in [3.05, 3.63) is 21.3 Å². The van der Waals surface area contributed by atoms with Gasteiger partial charge >= 0.3 is 5.97 Å². The highest BCUT2D eigenvalue weighted by atomic mass is 127. The number of hydrogen-bond acceptors (Lipinski definition) is 3. The molecule has 4 nitrogen and oxygen atoms in total. The molecule has 5 heteroatoms. The summed E-state index contributed by atoms with van der Waals surface area (Å²) < 4.78 is 0.646. The van der Waals surface area contributed by atoms with E-state index in [0.717, 1.165) is 0 Å². The summed E-state index contributed by atoms with van der Waals surface area (Å²) in [6.45, 7) is 1.73. The van der Waals surface area contributed by atoms with Gasteiger partial charge in [-0.1, -0.05) is 0 Å². The molecule has 11 heavy (non-hydrogen) atoms. The summed E-state index contributed by atoms with van der Waals surface area (Å²) in [6.07, 6.45) is 0. The molecule has 0 aromatic carbocycles. The molecule has 1 heterocycles. The van der Waals surface area contributed by atoms with Crippen molar-refractivity contribution in [1.29, 1.82) is 0 Å². The molecule has 0 aliphatic rings. The van der Waals surface area contributed by atoms with Crippen molar-refractivity contribution in [2.75, 3.05) is 0 Å². The van der Waals surface area contributed by atoms with E-state index in [-0.39, 0.29) is 5.82 Å². The molecule has 0 atom stereocenters. The lowest BCUT2D eigenvalue weighted by Crippen LogP contribution is -2.06. The minimum Gasteiger partial charge on any atom is -0.475 e. The van der Waals surface area contributed by atoms with Crippen LogP contribution in [-0.4, -0.2) is 21.0 Å². The lowest BCUT2D eigenvalue weighted by atomic mass is 10.4. The van der Waals surface area contributed by atoms with Crippen molar-refractivity contribution in [1.82, 2.24) is 9.97 Å². The van der Waals surface area contributed by atoms with Crippen LogP contribution in [0.1, 0.15) is 16.3 Å². The molecule has 1 aromatic heterocycles. The van der Waals surface area contributed by atoms with Crippen molar-refractivity contribution in [2.24, 2.45) is 0 Å². The highest BCUT2D eigenvalue weighted by molar-refractivity contribution is 14.1. The van der Waals surface area contributed by atoms with Gasteiger partial charge in [-0.3, -0.25) is 0 Å². The highest BCUT2D eigenvalue weighted by Crippen LogP contribution is 2.02. The van der Waals surface area contributed by atoms with Crippen LogP contribution in [0.15, 0.2) is 6.07 Å². The Morgan fingerprint density at radius 1 is 1.64 bits per heavy atom. The van der Waals surface area contributed by atoms with E-state index in [1.165, 1.54) is 0 Å². The maximum absolute atomic E-state index is 10.4. The van der Waals surface area contributed by atoms with Crippen molar-refractivity contribution < 1.29 is 9.90 Å². The fourth-order valence-electron chi connectivity index (χ4n) is 0.626. The molecule has 0 radical (unpaired) electrons. The van der Waals surface area contributed by atoms with Gasteiger partial charge in [-0.15, -0.1) is 0 Å². The van der Waals surface area contributed by atoms with Crippen LogP contribution in [0, 0.1) is 10.6 Å². The Bertz CT molecular complexity index is 280. The zero-order chi connectivity index (χ0) is 8.43. The Labute approximate surface area is 76.8 Å². The molecule has 0 saturated heterocycles. The van der Waals surface area contributed by atoms with Crippen LogP contribution in [0.3, 0.4) is 0 Å². The third kappa shape index (κ3) is 2.11. The summed E-state index contributed by atoms with van der Waals surface area (Å²) in [5.41, 5.74) is 0.668. The van der Waals surface area contributed by atoms with Crippen LogP contribution in [0.4, 0.5) is 0 Å². The van der Waals surface area contributed by atoms with Crippen LogP contribution in [-0.2, 0) is 0 Å². The summed E-state index contributed by atoms with van der Waals surface area (Å²) in [5, 5.41) is 8.51. The van der Waals surface area contributed by atoms with Crippen molar-refractivity contribution in [3.8, 4) is 0 Å². The summed E-state index contributed by atoms with van der Waals surface area (Å²) in [5.74, 6) is -1.24. The van der Waals surface area contributed by atoms with Crippen molar-refractivity contribution >= 4 is 28.6 Å². The Hall–Kier alpha value is -0.720. The first-order valence-electron chi connectivity index (χ1n) is 2.84. The first-order chi connectivity index (χ1) is 5.09. The highest BCUT2D eigenvalue weighted by Gasteiger charge is 2.06. The number of carboxylic acids is 1. The van der Waals surface area contributed by atoms with Crippen molar-refractivity contribution in [2.45, 2.75) is 6.92 Å². The molecular formula is C6H5IN2O2. The van der Waals surface area contributed by atoms with Crippen LogP contribution in [0.2, 0.25) is 0 Å². The smallest absolute Gasteiger partial charge is 0.373 e. The fraction of sp³-hybridized carbons (Fsp3) is 0.167. The molecule has 58 valence electrons. The second kappa shape index (κ2) is 3.12. The van der Waals surface area contributed by atoms with Crippen LogP contribution < -0.4 is 0 Å². The van der Waals surface area contributed by atoms with E-state index in [2.05, 4.69) is 9.97 Å². The molecular weight excluding hydrogens is 259 g/mol. The number of hydrogen-bond donors (Lipinski definition) is 1. The number of carbonyl (C=O) groups is 1. The van der Waals surface area contributed by atoms with Crippen LogP contribution in [0.5, 0.6) is 0 Å². The third-order valence-electron chi connectivity index (χ3n) is 1.01. The van der Waals surface area contributed by atoms with Gasteiger partial charge in [0, 0.05) is 5.69 Å². The number of rotatable bonds is 1. The van der Waals surface area contributed by atoms with Gasteiger partial charge in [0.2, 0.25) is 5.82 Å². The van der Waals surface area contributed by atoms with Gasteiger partial charge in [-0.05, 0) is 35.6 Å². The van der Waals surface area contributed by atoms with Gasteiger partial charge in [-0.2, -0.15) is 0 Å².